The van der Waals surface area contributed by atoms with E-state index in [4.69, 9.17) is 4.98 Å². The molecule has 1 unspecified atom stereocenters. The third-order valence-electron chi connectivity index (χ3n) is 7.24. The van der Waals surface area contributed by atoms with Crippen molar-refractivity contribution in [2.75, 3.05) is 19.6 Å². The Balaban J connectivity index is 1.06. The number of aromatic nitrogens is 2. The summed E-state index contributed by atoms with van der Waals surface area (Å²) >= 11 is 0. The van der Waals surface area contributed by atoms with E-state index >= 15 is 0 Å². The van der Waals surface area contributed by atoms with Crippen molar-refractivity contribution in [2.45, 2.75) is 43.7 Å². The van der Waals surface area contributed by atoms with Gasteiger partial charge in [0.2, 0.25) is 11.8 Å². The number of carbonyl (C=O) groups excluding carboxylic acids is 3. The van der Waals surface area contributed by atoms with Gasteiger partial charge in [-0.25, -0.2) is 4.98 Å². The predicted octanol–water partition coefficient (Wildman–Crippen LogP) is 2.74. The minimum Gasteiger partial charge on any atom is -0.345 e. The maximum absolute atomic E-state index is 13.1. The van der Waals surface area contributed by atoms with Crippen LogP contribution >= 0.6 is 0 Å². The lowest BCUT2D eigenvalue weighted by atomic mass is 9.96. The molecule has 3 aliphatic rings. The number of H-pyrrole nitrogens is 1. The van der Waals surface area contributed by atoms with Crippen molar-refractivity contribution in [2.24, 2.45) is 0 Å². The summed E-state index contributed by atoms with van der Waals surface area (Å²) in [7, 11) is 0. The van der Waals surface area contributed by atoms with Crippen molar-refractivity contribution >= 4 is 28.8 Å². The highest BCUT2D eigenvalue weighted by atomic mass is 16.2. The van der Waals surface area contributed by atoms with Gasteiger partial charge in [0.15, 0.2) is 0 Å². The van der Waals surface area contributed by atoms with Crippen LogP contribution < -0.4 is 5.32 Å². The number of hydrogen-bond donors (Lipinski definition) is 2. The molecule has 174 valence electrons. The summed E-state index contributed by atoms with van der Waals surface area (Å²) in [6.45, 7) is 1.21. The first kappa shape index (κ1) is 20.9. The first-order chi connectivity index (χ1) is 16.6. The van der Waals surface area contributed by atoms with E-state index in [9.17, 15) is 14.4 Å². The lowest BCUT2D eigenvalue weighted by Crippen LogP contribution is -2.46. The molecule has 34 heavy (non-hydrogen) atoms. The number of imidazole rings is 1. The third-order valence-corrected chi connectivity index (χ3v) is 7.24. The third kappa shape index (κ3) is 3.63. The molecule has 1 aromatic heterocycles. The number of nitrogens with zero attached hydrogens (tertiary/aromatic N) is 3. The number of fused-ring (bicyclic) bond motifs is 2. The number of rotatable bonds is 5. The van der Waals surface area contributed by atoms with E-state index in [-0.39, 0.29) is 30.3 Å². The smallest absolute Gasteiger partial charge is 0.255 e. The van der Waals surface area contributed by atoms with Gasteiger partial charge in [-0.05, 0) is 49.4 Å². The van der Waals surface area contributed by atoms with Crippen LogP contribution in [0.2, 0.25) is 0 Å². The van der Waals surface area contributed by atoms with E-state index in [1.54, 1.807) is 11.0 Å². The van der Waals surface area contributed by atoms with Crippen LogP contribution in [0.4, 0.5) is 0 Å². The molecule has 1 saturated heterocycles. The molecule has 8 nitrogen and oxygen atoms in total. The lowest BCUT2D eigenvalue weighted by molar-refractivity contribution is -0.134. The van der Waals surface area contributed by atoms with Gasteiger partial charge in [-0.15, -0.1) is 0 Å². The van der Waals surface area contributed by atoms with Gasteiger partial charge >= 0.3 is 0 Å². The second-order valence-corrected chi connectivity index (χ2v) is 9.45. The molecule has 3 amide bonds. The van der Waals surface area contributed by atoms with Gasteiger partial charge in [-0.2, -0.15) is 0 Å². The van der Waals surface area contributed by atoms with Crippen LogP contribution in [0.3, 0.4) is 0 Å². The second-order valence-electron chi connectivity index (χ2n) is 9.45. The molecular formula is C26H27N5O3. The van der Waals surface area contributed by atoms with Crippen LogP contribution in [0.5, 0.6) is 0 Å². The molecule has 0 radical (unpaired) electrons. The number of likely N-dealkylation sites (tertiary alicyclic amines) is 1. The van der Waals surface area contributed by atoms with Gasteiger partial charge < -0.3 is 20.1 Å². The summed E-state index contributed by atoms with van der Waals surface area (Å²) in [5.41, 5.74) is 3.32. The van der Waals surface area contributed by atoms with Crippen LogP contribution in [-0.4, -0.2) is 63.2 Å². The molecule has 1 aliphatic carbocycles. The molecule has 0 spiro atoms. The average molecular weight is 458 g/mol. The zero-order chi connectivity index (χ0) is 23.2. The molecule has 2 aromatic carbocycles. The fraction of sp³-hybridized carbons (Fsp3) is 0.385. The van der Waals surface area contributed by atoms with E-state index in [1.807, 2.05) is 47.4 Å². The minimum atomic E-state index is -0.650. The largest absolute Gasteiger partial charge is 0.345 e. The number of nitrogens with one attached hydrogen (secondary N) is 2. The van der Waals surface area contributed by atoms with Crippen LogP contribution in [0.15, 0.2) is 48.5 Å². The summed E-state index contributed by atoms with van der Waals surface area (Å²) in [4.78, 5) is 50.4. The van der Waals surface area contributed by atoms with Crippen LogP contribution in [0, 0.1) is 0 Å². The average Bonchev–Trinajstić information content (AvgIpc) is 3.54. The number of aromatic amines is 1. The Kier molecular flexibility index (Phi) is 5.08. The number of amides is 3. The molecule has 3 aromatic rings. The van der Waals surface area contributed by atoms with E-state index < -0.39 is 6.04 Å². The molecule has 1 saturated carbocycles. The molecule has 1 atom stereocenters. The standard InChI is InChI=1S/C26H27N5O3/c32-22(30-13-11-16(12-14-30)24-28-20-7-3-4-8-21(20)29-24)15-27-25(33)23-18-5-1-2-6-19(18)26(34)31(23)17-9-10-17/h1-8,16-17,23H,9-15H2,(H,27,33)(H,28,29). The summed E-state index contributed by atoms with van der Waals surface area (Å²) in [6, 6.07) is 14.7. The van der Waals surface area contributed by atoms with Gasteiger partial charge in [-0.3, -0.25) is 14.4 Å². The van der Waals surface area contributed by atoms with Crippen molar-refractivity contribution in [1.29, 1.82) is 0 Å². The van der Waals surface area contributed by atoms with E-state index in [1.165, 1.54) is 0 Å². The predicted molar refractivity (Wildman–Crippen MR) is 126 cm³/mol. The Morgan fingerprint density at radius 2 is 1.74 bits per heavy atom. The molecule has 2 fully saturated rings. The normalized spacial score (nSPS) is 20.6. The quantitative estimate of drug-likeness (QED) is 0.616. The molecular weight excluding hydrogens is 430 g/mol. The monoisotopic (exact) mass is 457 g/mol. The molecule has 0 bridgehead atoms. The Bertz CT molecular complexity index is 1240. The highest BCUT2D eigenvalue weighted by Crippen LogP contribution is 2.41. The van der Waals surface area contributed by atoms with E-state index in [0.29, 0.717) is 24.6 Å². The summed E-state index contributed by atoms with van der Waals surface area (Å²) in [5, 5.41) is 2.81. The first-order valence-corrected chi connectivity index (χ1v) is 12.0. The Hall–Kier alpha value is -3.68. The number of piperidine rings is 1. The topological polar surface area (TPSA) is 98.4 Å². The van der Waals surface area contributed by atoms with Crippen molar-refractivity contribution in [3.63, 3.8) is 0 Å². The van der Waals surface area contributed by atoms with Gasteiger partial charge in [-0.1, -0.05) is 30.3 Å². The second kappa shape index (κ2) is 8.27. The maximum atomic E-state index is 13.1. The van der Waals surface area contributed by atoms with Crippen molar-refractivity contribution in [1.82, 2.24) is 25.1 Å². The van der Waals surface area contributed by atoms with Crippen molar-refractivity contribution in [3.8, 4) is 0 Å². The molecule has 2 N–H and O–H groups in total. The van der Waals surface area contributed by atoms with Crippen LogP contribution in [0.25, 0.3) is 11.0 Å². The minimum absolute atomic E-state index is 0.0560. The zero-order valence-electron chi connectivity index (χ0n) is 18.9. The molecule has 6 rings (SSSR count). The number of benzene rings is 2. The van der Waals surface area contributed by atoms with Gasteiger partial charge in [0, 0.05) is 30.6 Å². The van der Waals surface area contributed by atoms with Crippen LogP contribution in [-0.2, 0) is 9.59 Å². The van der Waals surface area contributed by atoms with Crippen molar-refractivity contribution in [3.05, 3.63) is 65.5 Å². The molecule has 3 heterocycles. The highest BCUT2D eigenvalue weighted by molar-refractivity contribution is 6.05. The van der Waals surface area contributed by atoms with Crippen molar-refractivity contribution < 1.29 is 14.4 Å². The Labute approximate surface area is 197 Å². The maximum Gasteiger partial charge on any atom is 0.255 e. The summed E-state index contributed by atoms with van der Waals surface area (Å²) < 4.78 is 0. The summed E-state index contributed by atoms with van der Waals surface area (Å²) in [6.07, 6.45) is 3.50. The van der Waals surface area contributed by atoms with Gasteiger partial charge in [0.25, 0.3) is 5.91 Å². The highest BCUT2D eigenvalue weighted by Gasteiger charge is 2.47. The number of hydrogen-bond acceptors (Lipinski definition) is 4. The number of para-hydroxylation sites is 2. The zero-order valence-corrected chi connectivity index (χ0v) is 18.9. The van der Waals surface area contributed by atoms with Gasteiger partial charge in [0.05, 0.1) is 17.6 Å². The van der Waals surface area contributed by atoms with Crippen LogP contribution in [0.1, 0.15) is 59.4 Å². The molecule has 2 aliphatic heterocycles. The van der Waals surface area contributed by atoms with E-state index in [2.05, 4.69) is 10.3 Å². The fourth-order valence-corrected chi connectivity index (χ4v) is 5.27. The lowest BCUT2D eigenvalue weighted by Gasteiger charge is -2.31. The summed E-state index contributed by atoms with van der Waals surface area (Å²) in [5.74, 6) is 0.811. The SMILES string of the molecule is O=C(NCC(=O)N1CCC(c2nc3ccccc3[nH]2)CC1)C1c2ccccc2C(=O)N1C1CC1. The van der Waals surface area contributed by atoms with Gasteiger partial charge in [0.1, 0.15) is 11.9 Å². The fourth-order valence-electron chi connectivity index (χ4n) is 5.27. The Morgan fingerprint density at radius 3 is 2.50 bits per heavy atom. The van der Waals surface area contributed by atoms with E-state index in [0.717, 1.165) is 48.1 Å². The first-order valence-electron chi connectivity index (χ1n) is 12.0. The number of carbonyl (C=O) groups is 3. The Morgan fingerprint density at radius 1 is 1.00 bits per heavy atom. The molecule has 8 heteroatoms.